The van der Waals surface area contributed by atoms with Gasteiger partial charge in [0.25, 0.3) is 0 Å². The van der Waals surface area contributed by atoms with Crippen molar-refractivity contribution < 1.29 is 13.5 Å². The minimum absolute atomic E-state index is 0.153. The zero-order valence-electron chi connectivity index (χ0n) is 17.1. The third-order valence-corrected chi connectivity index (χ3v) is 5.47. The van der Waals surface area contributed by atoms with E-state index in [9.17, 15) is 8.78 Å². The Balaban J connectivity index is 1.52. The largest absolute Gasteiger partial charge is 0.479 e. The van der Waals surface area contributed by atoms with Gasteiger partial charge in [0.2, 0.25) is 5.88 Å². The number of methoxy groups -OCH3 is 1. The van der Waals surface area contributed by atoms with Crippen molar-refractivity contribution in [2.24, 2.45) is 0 Å². The predicted molar refractivity (Wildman–Crippen MR) is 109 cm³/mol. The summed E-state index contributed by atoms with van der Waals surface area (Å²) >= 11 is 0. The first-order valence-electron chi connectivity index (χ1n) is 9.99. The lowest BCUT2D eigenvalue weighted by Crippen LogP contribution is -2.18. The Morgan fingerprint density at radius 1 is 1.10 bits per heavy atom. The first kappa shape index (κ1) is 19.3. The van der Waals surface area contributed by atoms with Crippen molar-refractivity contribution >= 4 is 0 Å². The predicted octanol–water partition coefficient (Wildman–Crippen LogP) is 4.05. The number of aromatic nitrogens is 6. The Labute approximate surface area is 177 Å². The van der Waals surface area contributed by atoms with Crippen molar-refractivity contribution in [3.8, 4) is 23.1 Å². The van der Waals surface area contributed by atoms with Gasteiger partial charge in [-0.3, -0.25) is 0 Å². The fraction of sp³-hybridized carbons (Fsp3) is 0.273. The summed E-state index contributed by atoms with van der Waals surface area (Å²) in [5.74, 6) is -0.240. The Morgan fingerprint density at radius 2 is 1.97 bits per heavy atom. The van der Waals surface area contributed by atoms with E-state index in [4.69, 9.17) is 9.72 Å². The number of aryl methyl sites for hydroxylation is 2. The number of ether oxygens (including phenoxy) is 1. The number of halogens is 2. The molecular formula is C22H20F2N6O. The topological polar surface area (TPSA) is 70.7 Å². The summed E-state index contributed by atoms with van der Waals surface area (Å²) in [6.45, 7) is 2.62. The van der Waals surface area contributed by atoms with Gasteiger partial charge in [-0.05, 0) is 49.6 Å². The average Bonchev–Trinajstić information content (AvgIpc) is 3.41. The van der Waals surface area contributed by atoms with Crippen LogP contribution < -0.4 is 4.74 Å². The second kappa shape index (κ2) is 7.57. The van der Waals surface area contributed by atoms with Crippen LogP contribution in [0.25, 0.3) is 17.2 Å². The smallest absolute Gasteiger partial charge is 0.238 e. The van der Waals surface area contributed by atoms with E-state index in [2.05, 4.69) is 15.1 Å². The molecule has 9 heteroatoms. The highest BCUT2D eigenvalue weighted by atomic mass is 19.2. The molecule has 7 nitrogen and oxygen atoms in total. The Bertz CT molecular complexity index is 1260. The maximum absolute atomic E-state index is 13.8. The minimum atomic E-state index is -0.855. The van der Waals surface area contributed by atoms with E-state index < -0.39 is 11.6 Å². The molecule has 0 aliphatic carbocycles. The van der Waals surface area contributed by atoms with Gasteiger partial charge < -0.3 is 9.30 Å². The Morgan fingerprint density at radius 3 is 2.71 bits per heavy atom. The summed E-state index contributed by atoms with van der Waals surface area (Å²) in [6, 6.07) is 7.73. The fourth-order valence-electron chi connectivity index (χ4n) is 3.96. The molecule has 0 radical (unpaired) electrons. The molecule has 0 bridgehead atoms. The lowest BCUT2D eigenvalue weighted by atomic mass is 9.91. The summed E-state index contributed by atoms with van der Waals surface area (Å²) in [7, 11) is 1.56. The molecular weight excluding hydrogens is 402 g/mol. The Hall–Kier alpha value is -3.62. The molecule has 0 saturated carbocycles. The molecule has 31 heavy (non-hydrogen) atoms. The second-order valence-corrected chi connectivity index (χ2v) is 7.53. The van der Waals surface area contributed by atoms with E-state index in [0.29, 0.717) is 29.5 Å². The molecule has 0 N–H and O–H groups in total. The average molecular weight is 422 g/mol. The van der Waals surface area contributed by atoms with Gasteiger partial charge in [-0.15, -0.1) is 5.10 Å². The lowest BCUT2D eigenvalue weighted by Gasteiger charge is -2.22. The molecule has 1 aromatic carbocycles. The molecule has 0 amide bonds. The summed E-state index contributed by atoms with van der Waals surface area (Å²) in [4.78, 5) is 13.5. The quantitative estimate of drug-likeness (QED) is 0.496. The van der Waals surface area contributed by atoms with E-state index in [1.165, 1.54) is 6.07 Å². The van der Waals surface area contributed by atoms with Crippen molar-refractivity contribution in [3.63, 3.8) is 0 Å². The van der Waals surface area contributed by atoms with Crippen molar-refractivity contribution in [1.82, 2.24) is 29.3 Å². The first-order chi connectivity index (χ1) is 15.0. The number of benzene rings is 1. The van der Waals surface area contributed by atoms with E-state index in [0.717, 1.165) is 36.1 Å². The second-order valence-electron chi connectivity index (χ2n) is 7.53. The third kappa shape index (κ3) is 3.45. The van der Waals surface area contributed by atoms with Crippen LogP contribution in [-0.4, -0.2) is 36.4 Å². The SMILES string of the molecule is COc1nc(-c2nc3n(n2)CCC[C@@H]3c2ccc(F)c(F)c2)ccc1-n1cnc(C)c1. The van der Waals surface area contributed by atoms with Crippen LogP contribution in [0.15, 0.2) is 42.9 Å². The number of imidazole rings is 1. The van der Waals surface area contributed by atoms with Crippen LogP contribution in [0, 0.1) is 18.6 Å². The maximum Gasteiger partial charge on any atom is 0.238 e. The maximum atomic E-state index is 13.8. The van der Waals surface area contributed by atoms with Crippen LogP contribution in [-0.2, 0) is 6.54 Å². The number of pyridine rings is 1. The molecule has 5 rings (SSSR count). The van der Waals surface area contributed by atoms with E-state index >= 15 is 0 Å². The summed E-state index contributed by atoms with van der Waals surface area (Å²) in [6.07, 6.45) is 5.25. The molecule has 4 heterocycles. The number of hydrogen-bond donors (Lipinski definition) is 0. The van der Waals surface area contributed by atoms with Gasteiger partial charge in [-0.25, -0.2) is 28.4 Å². The van der Waals surface area contributed by atoms with Gasteiger partial charge in [-0.1, -0.05) is 6.07 Å². The molecule has 1 aliphatic heterocycles. The van der Waals surface area contributed by atoms with Crippen LogP contribution in [0.2, 0.25) is 0 Å². The number of rotatable bonds is 4. The molecule has 3 aromatic heterocycles. The zero-order chi connectivity index (χ0) is 21.5. The standard InChI is InChI=1S/C22H20F2N6O/c1-13-11-29(12-25-13)19-8-7-18(26-22(19)31-2)20-27-21-15(4-3-9-30(21)28-20)14-5-6-16(23)17(24)10-14/h5-8,10-12,15H,3-4,9H2,1-2H3/t15-/m1/s1. The van der Waals surface area contributed by atoms with E-state index in [1.807, 2.05) is 34.5 Å². The summed E-state index contributed by atoms with van der Waals surface area (Å²) in [5, 5.41) is 4.62. The molecule has 1 atom stereocenters. The number of nitrogens with zero attached hydrogens (tertiary/aromatic N) is 6. The van der Waals surface area contributed by atoms with Gasteiger partial charge in [0.05, 0.1) is 19.1 Å². The normalized spacial score (nSPS) is 15.7. The van der Waals surface area contributed by atoms with E-state index in [-0.39, 0.29) is 5.92 Å². The molecule has 0 fully saturated rings. The number of hydrogen-bond acceptors (Lipinski definition) is 5. The van der Waals surface area contributed by atoms with Gasteiger partial charge in [0, 0.05) is 18.7 Å². The molecule has 4 aromatic rings. The van der Waals surface area contributed by atoms with Gasteiger partial charge in [0.1, 0.15) is 17.2 Å². The van der Waals surface area contributed by atoms with Crippen molar-refractivity contribution in [2.45, 2.75) is 32.2 Å². The van der Waals surface area contributed by atoms with Crippen LogP contribution in [0.3, 0.4) is 0 Å². The molecule has 158 valence electrons. The minimum Gasteiger partial charge on any atom is -0.479 e. The van der Waals surface area contributed by atoms with E-state index in [1.54, 1.807) is 19.5 Å². The molecule has 0 unspecified atom stereocenters. The van der Waals surface area contributed by atoms with Crippen molar-refractivity contribution in [1.29, 1.82) is 0 Å². The van der Waals surface area contributed by atoms with Crippen molar-refractivity contribution in [2.75, 3.05) is 7.11 Å². The van der Waals surface area contributed by atoms with Crippen LogP contribution in [0.4, 0.5) is 8.78 Å². The van der Waals surface area contributed by atoms with Gasteiger partial charge in [-0.2, -0.15) is 0 Å². The summed E-state index contributed by atoms with van der Waals surface area (Å²) < 4.78 is 36.3. The highest BCUT2D eigenvalue weighted by Crippen LogP contribution is 2.34. The van der Waals surface area contributed by atoms with Crippen LogP contribution in [0.1, 0.15) is 35.8 Å². The molecule has 1 aliphatic rings. The van der Waals surface area contributed by atoms with Gasteiger partial charge >= 0.3 is 0 Å². The molecule has 0 saturated heterocycles. The van der Waals surface area contributed by atoms with Gasteiger partial charge in [0.15, 0.2) is 17.5 Å². The highest BCUT2D eigenvalue weighted by molar-refractivity contribution is 5.55. The van der Waals surface area contributed by atoms with Crippen molar-refractivity contribution in [3.05, 3.63) is 71.6 Å². The highest BCUT2D eigenvalue weighted by Gasteiger charge is 2.27. The molecule has 0 spiro atoms. The first-order valence-corrected chi connectivity index (χ1v) is 9.99. The third-order valence-electron chi connectivity index (χ3n) is 5.47. The van der Waals surface area contributed by atoms with Crippen LogP contribution >= 0.6 is 0 Å². The zero-order valence-corrected chi connectivity index (χ0v) is 17.1. The fourth-order valence-corrected chi connectivity index (χ4v) is 3.96. The Kier molecular flexibility index (Phi) is 4.72. The van der Waals surface area contributed by atoms with Crippen LogP contribution in [0.5, 0.6) is 5.88 Å². The lowest BCUT2D eigenvalue weighted by molar-refractivity contribution is 0.396. The summed E-state index contributed by atoms with van der Waals surface area (Å²) in [5.41, 5.74) is 2.91. The monoisotopic (exact) mass is 422 g/mol. The number of fused-ring (bicyclic) bond motifs is 1.